The number of ether oxygens (including phenoxy) is 1. The van der Waals surface area contributed by atoms with Gasteiger partial charge in [-0.3, -0.25) is 14.4 Å². The largest absolute Gasteiger partial charge is 0.427 e. The van der Waals surface area contributed by atoms with Gasteiger partial charge in [0.1, 0.15) is 11.5 Å². The van der Waals surface area contributed by atoms with Gasteiger partial charge in [0.15, 0.2) is 0 Å². The van der Waals surface area contributed by atoms with Crippen molar-refractivity contribution in [3.05, 3.63) is 84.5 Å². The van der Waals surface area contributed by atoms with Gasteiger partial charge in [-0.1, -0.05) is 68.7 Å². The summed E-state index contributed by atoms with van der Waals surface area (Å²) in [6.45, 7) is 2.12. The number of unbranched alkanes of at least 4 members (excludes halogenated alkanes) is 3. The molecule has 0 radical (unpaired) electrons. The molecule has 1 amide bonds. The fourth-order valence-electron chi connectivity index (χ4n) is 4.79. The number of esters is 1. The van der Waals surface area contributed by atoms with E-state index in [2.05, 4.69) is 12.2 Å². The van der Waals surface area contributed by atoms with Gasteiger partial charge in [0, 0.05) is 35.9 Å². The summed E-state index contributed by atoms with van der Waals surface area (Å²) in [7, 11) is 0. The number of rotatable bonds is 15. The van der Waals surface area contributed by atoms with Crippen molar-refractivity contribution in [1.29, 1.82) is 0 Å². The van der Waals surface area contributed by atoms with Crippen LogP contribution in [0.4, 0.5) is 5.69 Å². The lowest BCUT2D eigenvalue weighted by molar-refractivity contribution is -0.134. The van der Waals surface area contributed by atoms with Crippen LogP contribution in [-0.2, 0) is 9.59 Å². The summed E-state index contributed by atoms with van der Waals surface area (Å²) in [5.41, 5.74) is 1.16. The molecule has 2 aromatic carbocycles. The minimum atomic E-state index is -0.714. The lowest BCUT2D eigenvalue weighted by Gasteiger charge is -2.16. The zero-order valence-electron chi connectivity index (χ0n) is 23.2. The highest BCUT2D eigenvalue weighted by atomic mass is 16.5. The standard InChI is InChI=1S/C33H41NO6/c1-2-3-7-14-26(35)19-22-29-28(30(36)23-31(29)37)15-10-4-5-11-16-32(38)40-27-20-17-25(18-21-27)34-33(39)24-12-8-6-9-13-24/h4,6,8-10,12-13,17-22,26,28-29,31,35,37H,2-3,5,7,11,14-16,23H2,1H3,(H,34,39)/b10-4-,22-19+/t26-,28+,29+,31+/m0/s1. The molecule has 1 fully saturated rings. The number of benzene rings is 2. The maximum Gasteiger partial charge on any atom is 0.311 e. The molecule has 1 saturated carbocycles. The lowest BCUT2D eigenvalue weighted by atomic mass is 9.90. The summed E-state index contributed by atoms with van der Waals surface area (Å²) < 4.78 is 5.39. The number of carbonyl (C=O) groups excluding carboxylic acids is 3. The van der Waals surface area contributed by atoms with Crippen LogP contribution in [0, 0.1) is 11.8 Å². The van der Waals surface area contributed by atoms with E-state index in [9.17, 15) is 24.6 Å². The molecule has 4 atom stereocenters. The molecule has 7 nitrogen and oxygen atoms in total. The summed E-state index contributed by atoms with van der Waals surface area (Å²) in [6.07, 6.45) is 12.1. The second-order valence-corrected chi connectivity index (χ2v) is 10.3. The molecule has 3 rings (SSSR count). The maximum atomic E-state index is 12.4. The third kappa shape index (κ3) is 10.2. The highest BCUT2D eigenvalue weighted by molar-refractivity contribution is 6.04. The Morgan fingerprint density at radius 1 is 1.05 bits per heavy atom. The number of carbonyl (C=O) groups is 3. The molecular weight excluding hydrogens is 506 g/mol. The molecule has 40 heavy (non-hydrogen) atoms. The molecular formula is C33H41NO6. The van der Waals surface area contributed by atoms with E-state index in [1.807, 2.05) is 24.3 Å². The molecule has 214 valence electrons. The first kappa shape index (κ1) is 31.0. The van der Waals surface area contributed by atoms with Crippen molar-refractivity contribution in [2.75, 3.05) is 5.32 Å². The molecule has 0 unspecified atom stereocenters. The summed E-state index contributed by atoms with van der Waals surface area (Å²) in [4.78, 5) is 36.9. The Morgan fingerprint density at radius 2 is 1.80 bits per heavy atom. The van der Waals surface area contributed by atoms with Crippen molar-refractivity contribution < 1.29 is 29.3 Å². The predicted molar refractivity (Wildman–Crippen MR) is 156 cm³/mol. The fraction of sp³-hybridized carbons (Fsp3) is 0.424. The Balaban J connectivity index is 1.36. The maximum absolute atomic E-state index is 12.4. The Bertz CT molecular complexity index is 1140. The number of aliphatic hydroxyl groups is 2. The van der Waals surface area contributed by atoms with Crippen LogP contribution in [0.15, 0.2) is 78.9 Å². The number of allylic oxidation sites excluding steroid dienone is 2. The van der Waals surface area contributed by atoms with Crippen molar-refractivity contribution in [2.24, 2.45) is 11.8 Å². The van der Waals surface area contributed by atoms with Crippen LogP contribution in [0.25, 0.3) is 0 Å². The Kier molecular flexibility index (Phi) is 12.8. The molecule has 1 aliphatic carbocycles. The summed E-state index contributed by atoms with van der Waals surface area (Å²) in [6, 6.07) is 15.6. The van der Waals surface area contributed by atoms with Gasteiger partial charge in [0.2, 0.25) is 0 Å². The predicted octanol–water partition coefficient (Wildman–Crippen LogP) is 6.02. The molecule has 0 heterocycles. The molecule has 0 aliphatic heterocycles. The van der Waals surface area contributed by atoms with Crippen LogP contribution >= 0.6 is 0 Å². The Morgan fingerprint density at radius 3 is 2.52 bits per heavy atom. The summed E-state index contributed by atoms with van der Waals surface area (Å²) in [5, 5.41) is 23.3. The molecule has 0 saturated heterocycles. The van der Waals surface area contributed by atoms with Crippen molar-refractivity contribution >= 4 is 23.3 Å². The number of ketones is 1. The number of hydrogen-bond donors (Lipinski definition) is 3. The van der Waals surface area contributed by atoms with Gasteiger partial charge in [0.05, 0.1) is 12.2 Å². The molecule has 0 bridgehead atoms. The first-order valence-corrected chi connectivity index (χ1v) is 14.3. The minimum absolute atomic E-state index is 0.0431. The van der Waals surface area contributed by atoms with Crippen LogP contribution in [0.1, 0.15) is 75.1 Å². The highest BCUT2D eigenvalue weighted by Gasteiger charge is 2.39. The summed E-state index contributed by atoms with van der Waals surface area (Å²) in [5.74, 6) is -0.684. The quantitative estimate of drug-likeness (QED) is 0.109. The number of anilines is 1. The zero-order valence-corrected chi connectivity index (χ0v) is 23.2. The molecule has 2 aromatic rings. The van der Waals surface area contributed by atoms with Crippen molar-refractivity contribution in [3.63, 3.8) is 0 Å². The van der Waals surface area contributed by atoms with Crippen LogP contribution in [-0.4, -0.2) is 40.1 Å². The molecule has 0 spiro atoms. The van der Waals surface area contributed by atoms with Gasteiger partial charge in [-0.25, -0.2) is 0 Å². The number of aliphatic hydroxyl groups excluding tert-OH is 2. The van der Waals surface area contributed by atoms with Crippen LogP contribution in [0.5, 0.6) is 5.75 Å². The fourth-order valence-corrected chi connectivity index (χ4v) is 4.79. The normalized spacial score (nSPS) is 19.8. The van der Waals surface area contributed by atoms with E-state index in [0.29, 0.717) is 42.7 Å². The van der Waals surface area contributed by atoms with E-state index in [4.69, 9.17) is 4.74 Å². The van der Waals surface area contributed by atoms with E-state index >= 15 is 0 Å². The topological polar surface area (TPSA) is 113 Å². The Labute approximate surface area is 237 Å². The average molecular weight is 548 g/mol. The van der Waals surface area contributed by atoms with Gasteiger partial charge in [-0.05, 0) is 62.1 Å². The second-order valence-electron chi connectivity index (χ2n) is 10.3. The molecule has 1 aliphatic rings. The van der Waals surface area contributed by atoms with E-state index in [1.54, 1.807) is 54.6 Å². The van der Waals surface area contributed by atoms with E-state index in [-0.39, 0.29) is 42.3 Å². The molecule has 7 heteroatoms. The number of nitrogens with one attached hydrogen (secondary N) is 1. The first-order valence-electron chi connectivity index (χ1n) is 14.3. The van der Waals surface area contributed by atoms with Gasteiger partial charge in [-0.15, -0.1) is 0 Å². The van der Waals surface area contributed by atoms with Gasteiger partial charge >= 0.3 is 5.97 Å². The van der Waals surface area contributed by atoms with E-state index in [0.717, 1.165) is 19.3 Å². The third-order valence-corrected chi connectivity index (χ3v) is 7.08. The number of Topliss-reactive ketones (excluding diaryl/α,β-unsaturated/α-hetero) is 1. The number of amides is 1. The highest BCUT2D eigenvalue weighted by Crippen LogP contribution is 2.33. The molecule has 3 N–H and O–H groups in total. The van der Waals surface area contributed by atoms with E-state index < -0.39 is 12.2 Å². The van der Waals surface area contributed by atoms with Crippen LogP contribution in [0.3, 0.4) is 0 Å². The van der Waals surface area contributed by atoms with E-state index in [1.165, 1.54) is 0 Å². The summed E-state index contributed by atoms with van der Waals surface area (Å²) >= 11 is 0. The number of hydrogen-bond acceptors (Lipinski definition) is 6. The van der Waals surface area contributed by atoms with Gasteiger partial charge < -0.3 is 20.3 Å². The average Bonchev–Trinajstić information content (AvgIpc) is 3.22. The second kappa shape index (κ2) is 16.5. The van der Waals surface area contributed by atoms with Gasteiger partial charge in [0.25, 0.3) is 5.91 Å². The molecule has 0 aromatic heterocycles. The monoisotopic (exact) mass is 547 g/mol. The van der Waals surface area contributed by atoms with Crippen LogP contribution in [0.2, 0.25) is 0 Å². The van der Waals surface area contributed by atoms with Crippen molar-refractivity contribution in [2.45, 2.75) is 76.9 Å². The van der Waals surface area contributed by atoms with Crippen LogP contribution < -0.4 is 10.1 Å². The smallest absolute Gasteiger partial charge is 0.311 e. The van der Waals surface area contributed by atoms with Crippen molar-refractivity contribution in [1.82, 2.24) is 0 Å². The van der Waals surface area contributed by atoms with Gasteiger partial charge in [-0.2, -0.15) is 0 Å². The first-order chi connectivity index (χ1) is 19.4. The SMILES string of the molecule is CCCCC[C@H](O)/C=C/[C@H]1[C@H](O)CC(=O)[C@@H]1C/C=C\CCCC(=O)Oc1ccc(NC(=O)c2ccccc2)cc1. The third-order valence-electron chi connectivity index (χ3n) is 7.08. The minimum Gasteiger partial charge on any atom is -0.427 e. The van der Waals surface area contributed by atoms with Crippen molar-refractivity contribution in [3.8, 4) is 5.75 Å². The zero-order chi connectivity index (χ0) is 28.7. The lowest BCUT2D eigenvalue weighted by Crippen LogP contribution is -2.18. The Hall–Kier alpha value is -3.55.